The number of hydrogen-bond acceptors (Lipinski definition) is 4. The zero-order valence-corrected chi connectivity index (χ0v) is 15.1. The van der Waals surface area contributed by atoms with Crippen LogP contribution in [0.5, 0.6) is 17.2 Å². The van der Waals surface area contributed by atoms with E-state index in [2.05, 4.69) is 5.32 Å². The van der Waals surface area contributed by atoms with Crippen LogP contribution >= 0.6 is 0 Å². The average molecular weight is 343 g/mol. The topological polar surface area (TPSA) is 56.8 Å². The van der Waals surface area contributed by atoms with Gasteiger partial charge < -0.3 is 19.5 Å². The van der Waals surface area contributed by atoms with Gasteiger partial charge in [0.25, 0.3) is 5.91 Å². The van der Waals surface area contributed by atoms with Crippen molar-refractivity contribution in [3.05, 3.63) is 54.1 Å². The minimum absolute atomic E-state index is 0.163. The van der Waals surface area contributed by atoms with Crippen molar-refractivity contribution in [2.45, 2.75) is 32.4 Å². The van der Waals surface area contributed by atoms with Crippen LogP contribution in [0.4, 0.5) is 0 Å². The third kappa shape index (κ3) is 4.89. The lowest BCUT2D eigenvalue weighted by Crippen LogP contribution is -2.39. The van der Waals surface area contributed by atoms with E-state index in [0.717, 1.165) is 11.3 Å². The SMILES string of the molecule is CCC(Oc1cccc(OC)c1)C(=O)NC(C)c1ccccc1OC. The number of amides is 1. The maximum atomic E-state index is 12.6. The summed E-state index contributed by atoms with van der Waals surface area (Å²) in [5.74, 6) is 1.88. The van der Waals surface area contributed by atoms with Gasteiger partial charge in [-0.25, -0.2) is 0 Å². The van der Waals surface area contributed by atoms with E-state index in [9.17, 15) is 4.79 Å². The van der Waals surface area contributed by atoms with Gasteiger partial charge in [0.2, 0.25) is 0 Å². The van der Waals surface area contributed by atoms with E-state index in [0.29, 0.717) is 17.9 Å². The maximum absolute atomic E-state index is 12.6. The van der Waals surface area contributed by atoms with Crippen LogP contribution in [0.15, 0.2) is 48.5 Å². The van der Waals surface area contributed by atoms with Crippen molar-refractivity contribution in [2.75, 3.05) is 14.2 Å². The molecule has 0 aromatic heterocycles. The van der Waals surface area contributed by atoms with Crippen molar-refractivity contribution in [1.82, 2.24) is 5.32 Å². The predicted octanol–water partition coefficient (Wildman–Crippen LogP) is 3.74. The lowest BCUT2D eigenvalue weighted by Gasteiger charge is -2.22. The second-order valence-electron chi connectivity index (χ2n) is 5.67. The molecule has 0 saturated carbocycles. The van der Waals surface area contributed by atoms with Crippen LogP contribution in [0, 0.1) is 0 Å². The third-order valence-electron chi connectivity index (χ3n) is 3.95. The van der Waals surface area contributed by atoms with E-state index in [4.69, 9.17) is 14.2 Å². The number of nitrogens with one attached hydrogen (secondary N) is 1. The van der Waals surface area contributed by atoms with Gasteiger partial charge >= 0.3 is 0 Å². The lowest BCUT2D eigenvalue weighted by atomic mass is 10.1. The molecular weight excluding hydrogens is 318 g/mol. The second-order valence-corrected chi connectivity index (χ2v) is 5.67. The molecule has 0 aliphatic carbocycles. The molecule has 5 heteroatoms. The molecule has 134 valence electrons. The molecule has 1 N–H and O–H groups in total. The van der Waals surface area contributed by atoms with Crippen molar-refractivity contribution >= 4 is 5.91 Å². The zero-order chi connectivity index (χ0) is 18.2. The number of para-hydroxylation sites is 1. The van der Waals surface area contributed by atoms with Gasteiger partial charge in [-0.1, -0.05) is 31.2 Å². The number of carbonyl (C=O) groups is 1. The standard InChI is InChI=1S/C20H25NO4/c1-5-18(25-16-10-8-9-15(13-16)23-3)20(22)21-14(2)17-11-6-7-12-19(17)24-4/h6-14,18H,5H2,1-4H3,(H,21,22). The molecule has 2 aromatic rings. The molecule has 5 nitrogen and oxygen atoms in total. The molecule has 0 aliphatic rings. The Labute approximate surface area is 148 Å². The summed E-state index contributed by atoms with van der Waals surface area (Å²) < 4.78 is 16.4. The molecule has 0 radical (unpaired) electrons. The highest BCUT2D eigenvalue weighted by atomic mass is 16.5. The van der Waals surface area contributed by atoms with E-state index in [1.54, 1.807) is 20.3 Å². The molecule has 0 spiro atoms. The van der Waals surface area contributed by atoms with Crippen LogP contribution in [-0.4, -0.2) is 26.2 Å². The van der Waals surface area contributed by atoms with Gasteiger partial charge in [-0.3, -0.25) is 4.79 Å². The minimum Gasteiger partial charge on any atom is -0.497 e. The third-order valence-corrected chi connectivity index (χ3v) is 3.95. The average Bonchev–Trinajstić information content (AvgIpc) is 2.65. The molecule has 0 heterocycles. The molecule has 0 fully saturated rings. The van der Waals surface area contributed by atoms with Crippen LogP contribution < -0.4 is 19.5 Å². The Morgan fingerprint density at radius 2 is 1.76 bits per heavy atom. The fraction of sp³-hybridized carbons (Fsp3) is 0.350. The van der Waals surface area contributed by atoms with Crippen LogP contribution in [0.25, 0.3) is 0 Å². The van der Waals surface area contributed by atoms with E-state index in [1.807, 2.05) is 56.3 Å². The quantitative estimate of drug-likeness (QED) is 0.793. The number of carbonyl (C=O) groups excluding carboxylic acids is 1. The van der Waals surface area contributed by atoms with Crippen molar-refractivity contribution < 1.29 is 19.0 Å². The maximum Gasteiger partial charge on any atom is 0.261 e. The molecule has 2 unspecified atom stereocenters. The van der Waals surface area contributed by atoms with Crippen molar-refractivity contribution in [1.29, 1.82) is 0 Å². The van der Waals surface area contributed by atoms with Gasteiger partial charge in [0.1, 0.15) is 17.2 Å². The Hall–Kier alpha value is -2.69. The Kier molecular flexibility index (Phi) is 6.69. The van der Waals surface area contributed by atoms with Crippen LogP contribution in [0.2, 0.25) is 0 Å². The fourth-order valence-corrected chi connectivity index (χ4v) is 2.57. The second kappa shape index (κ2) is 8.97. The normalized spacial score (nSPS) is 12.8. The first-order valence-electron chi connectivity index (χ1n) is 8.33. The van der Waals surface area contributed by atoms with Gasteiger partial charge in [0, 0.05) is 11.6 Å². The first kappa shape index (κ1) is 18.6. The van der Waals surface area contributed by atoms with Crippen LogP contribution in [0.3, 0.4) is 0 Å². The molecular formula is C20H25NO4. The molecule has 2 rings (SSSR count). The molecule has 0 saturated heterocycles. The number of hydrogen-bond donors (Lipinski definition) is 1. The predicted molar refractivity (Wildman–Crippen MR) is 97.3 cm³/mol. The summed E-state index contributed by atoms with van der Waals surface area (Å²) in [5.41, 5.74) is 0.926. The summed E-state index contributed by atoms with van der Waals surface area (Å²) in [5, 5.41) is 3.00. The monoisotopic (exact) mass is 343 g/mol. The summed E-state index contributed by atoms with van der Waals surface area (Å²) in [6.07, 6.45) is -0.0222. The van der Waals surface area contributed by atoms with Gasteiger partial charge in [0.05, 0.1) is 20.3 Å². The smallest absolute Gasteiger partial charge is 0.261 e. The summed E-state index contributed by atoms with van der Waals surface area (Å²) >= 11 is 0. The summed E-state index contributed by atoms with van der Waals surface area (Å²) in [7, 11) is 3.21. The first-order valence-corrected chi connectivity index (χ1v) is 8.33. The highest BCUT2D eigenvalue weighted by molar-refractivity contribution is 5.81. The number of rotatable bonds is 8. The highest BCUT2D eigenvalue weighted by Gasteiger charge is 2.22. The van der Waals surface area contributed by atoms with E-state index in [1.165, 1.54) is 0 Å². The first-order chi connectivity index (χ1) is 12.1. The number of benzene rings is 2. The van der Waals surface area contributed by atoms with Crippen molar-refractivity contribution in [2.24, 2.45) is 0 Å². The molecule has 2 aromatic carbocycles. The molecule has 1 amide bonds. The Bertz CT molecular complexity index is 702. The summed E-state index contributed by atoms with van der Waals surface area (Å²) in [6, 6.07) is 14.7. The Morgan fingerprint density at radius 3 is 2.44 bits per heavy atom. The Morgan fingerprint density at radius 1 is 1.04 bits per heavy atom. The minimum atomic E-state index is -0.579. The van der Waals surface area contributed by atoms with E-state index in [-0.39, 0.29) is 11.9 Å². The fourth-order valence-electron chi connectivity index (χ4n) is 2.57. The van der Waals surface area contributed by atoms with Crippen molar-refractivity contribution in [3.8, 4) is 17.2 Å². The number of ether oxygens (including phenoxy) is 3. The molecule has 2 atom stereocenters. The van der Waals surface area contributed by atoms with Crippen LogP contribution in [0.1, 0.15) is 31.9 Å². The van der Waals surface area contributed by atoms with Crippen molar-refractivity contribution in [3.63, 3.8) is 0 Å². The van der Waals surface area contributed by atoms with E-state index < -0.39 is 6.10 Å². The van der Waals surface area contributed by atoms with Gasteiger partial charge in [-0.2, -0.15) is 0 Å². The molecule has 0 aliphatic heterocycles. The van der Waals surface area contributed by atoms with Crippen LogP contribution in [-0.2, 0) is 4.79 Å². The molecule has 25 heavy (non-hydrogen) atoms. The highest BCUT2D eigenvalue weighted by Crippen LogP contribution is 2.25. The zero-order valence-electron chi connectivity index (χ0n) is 15.1. The summed E-state index contributed by atoms with van der Waals surface area (Å²) in [6.45, 7) is 3.84. The molecule has 0 bridgehead atoms. The van der Waals surface area contributed by atoms with E-state index >= 15 is 0 Å². The number of methoxy groups -OCH3 is 2. The summed E-state index contributed by atoms with van der Waals surface area (Å²) in [4.78, 5) is 12.6. The lowest BCUT2D eigenvalue weighted by molar-refractivity contribution is -0.128. The Balaban J connectivity index is 2.06. The van der Waals surface area contributed by atoms with Gasteiger partial charge in [-0.15, -0.1) is 0 Å². The van der Waals surface area contributed by atoms with Gasteiger partial charge in [-0.05, 0) is 31.5 Å². The van der Waals surface area contributed by atoms with Gasteiger partial charge in [0.15, 0.2) is 6.10 Å². The largest absolute Gasteiger partial charge is 0.497 e.